The summed E-state index contributed by atoms with van der Waals surface area (Å²) in [6.07, 6.45) is 1.80. The molecular formula is C16H21N3OS. The SMILES string of the molecule is CNC(CSc1nccc(C)n1)c1cc(C)ccc1OC. The number of hydrogen-bond donors (Lipinski definition) is 1. The van der Waals surface area contributed by atoms with Gasteiger partial charge in [-0.25, -0.2) is 9.97 Å². The molecule has 0 radical (unpaired) electrons. The summed E-state index contributed by atoms with van der Waals surface area (Å²) in [5.41, 5.74) is 3.38. The van der Waals surface area contributed by atoms with E-state index in [1.807, 2.05) is 26.1 Å². The van der Waals surface area contributed by atoms with Gasteiger partial charge in [-0.05, 0) is 33.0 Å². The van der Waals surface area contributed by atoms with Crippen molar-refractivity contribution in [3.05, 3.63) is 47.3 Å². The molecule has 0 aliphatic heterocycles. The Morgan fingerprint density at radius 2 is 2.10 bits per heavy atom. The topological polar surface area (TPSA) is 47.0 Å². The van der Waals surface area contributed by atoms with Crippen molar-refractivity contribution in [2.75, 3.05) is 19.9 Å². The Morgan fingerprint density at radius 1 is 1.29 bits per heavy atom. The van der Waals surface area contributed by atoms with E-state index >= 15 is 0 Å². The molecule has 1 atom stereocenters. The summed E-state index contributed by atoms with van der Waals surface area (Å²) in [6.45, 7) is 4.07. The van der Waals surface area contributed by atoms with E-state index in [1.54, 1.807) is 25.1 Å². The molecule has 5 heteroatoms. The first-order chi connectivity index (χ1) is 10.1. The van der Waals surface area contributed by atoms with Gasteiger partial charge in [0, 0.05) is 29.2 Å². The number of hydrogen-bond acceptors (Lipinski definition) is 5. The van der Waals surface area contributed by atoms with Crippen molar-refractivity contribution in [1.82, 2.24) is 15.3 Å². The second-order valence-electron chi connectivity index (χ2n) is 4.88. The zero-order valence-electron chi connectivity index (χ0n) is 12.9. The lowest BCUT2D eigenvalue weighted by Crippen LogP contribution is -2.19. The minimum absolute atomic E-state index is 0.189. The summed E-state index contributed by atoms with van der Waals surface area (Å²) >= 11 is 1.65. The van der Waals surface area contributed by atoms with Gasteiger partial charge in [-0.2, -0.15) is 0 Å². The number of thioether (sulfide) groups is 1. The molecule has 2 rings (SSSR count). The molecule has 21 heavy (non-hydrogen) atoms. The molecule has 1 aromatic heterocycles. The lowest BCUT2D eigenvalue weighted by molar-refractivity contribution is 0.404. The molecule has 0 amide bonds. The van der Waals surface area contributed by atoms with E-state index in [1.165, 1.54) is 11.1 Å². The average molecular weight is 303 g/mol. The van der Waals surface area contributed by atoms with Crippen LogP contribution in [0.4, 0.5) is 0 Å². The zero-order valence-corrected chi connectivity index (χ0v) is 13.7. The Morgan fingerprint density at radius 3 is 2.76 bits per heavy atom. The fraction of sp³-hybridized carbons (Fsp3) is 0.375. The highest BCUT2D eigenvalue weighted by Gasteiger charge is 2.15. The van der Waals surface area contributed by atoms with Crippen LogP contribution in [0.2, 0.25) is 0 Å². The van der Waals surface area contributed by atoms with Gasteiger partial charge >= 0.3 is 0 Å². The monoisotopic (exact) mass is 303 g/mol. The Labute approximate surface area is 130 Å². The number of nitrogens with one attached hydrogen (secondary N) is 1. The van der Waals surface area contributed by atoms with Crippen molar-refractivity contribution in [3.8, 4) is 5.75 Å². The van der Waals surface area contributed by atoms with Gasteiger partial charge in [0.2, 0.25) is 0 Å². The highest BCUT2D eigenvalue weighted by molar-refractivity contribution is 7.99. The van der Waals surface area contributed by atoms with Gasteiger partial charge in [0.1, 0.15) is 5.75 Å². The maximum Gasteiger partial charge on any atom is 0.187 e. The molecule has 0 saturated heterocycles. The van der Waals surface area contributed by atoms with Gasteiger partial charge in [-0.15, -0.1) is 0 Å². The lowest BCUT2D eigenvalue weighted by atomic mass is 10.0. The predicted molar refractivity (Wildman–Crippen MR) is 87.0 cm³/mol. The minimum atomic E-state index is 0.189. The number of aryl methyl sites for hydroxylation is 2. The lowest BCUT2D eigenvalue weighted by Gasteiger charge is -2.19. The Balaban J connectivity index is 2.15. The standard InChI is InChI=1S/C16H21N3OS/c1-11-5-6-15(20-4)13(9-11)14(17-3)10-21-16-18-8-7-12(2)19-16/h5-9,14,17H,10H2,1-4H3. The number of ether oxygens (including phenoxy) is 1. The van der Waals surface area contributed by atoms with Crippen LogP contribution in [-0.2, 0) is 0 Å². The van der Waals surface area contributed by atoms with Gasteiger partial charge < -0.3 is 10.1 Å². The maximum absolute atomic E-state index is 5.47. The summed E-state index contributed by atoms with van der Waals surface area (Å²) < 4.78 is 5.47. The second kappa shape index (κ2) is 7.43. The van der Waals surface area contributed by atoms with Crippen LogP contribution in [0.3, 0.4) is 0 Å². The van der Waals surface area contributed by atoms with E-state index < -0.39 is 0 Å². The van der Waals surface area contributed by atoms with Gasteiger partial charge in [-0.1, -0.05) is 29.5 Å². The van der Waals surface area contributed by atoms with Gasteiger partial charge in [0.25, 0.3) is 0 Å². The largest absolute Gasteiger partial charge is 0.496 e. The fourth-order valence-electron chi connectivity index (χ4n) is 2.11. The molecule has 1 aromatic carbocycles. The van der Waals surface area contributed by atoms with Crippen LogP contribution in [0.5, 0.6) is 5.75 Å². The first kappa shape index (κ1) is 15.8. The molecule has 2 aromatic rings. The van der Waals surface area contributed by atoms with Crippen LogP contribution in [0.1, 0.15) is 22.9 Å². The first-order valence-electron chi connectivity index (χ1n) is 6.88. The number of nitrogens with zero attached hydrogens (tertiary/aromatic N) is 2. The maximum atomic E-state index is 5.47. The number of methoxy groups -OCH3 is 1. The zero-order chi connectivity index (χ0) is 15.2. The van der Waals surface area contributed by atoms with Gasteiger partial charge in [0.15, 0.2) is 5.16 Å². The highest BCUT2D eigenvalue weighted by Crippen LogP contribution is 2.29. The Hall–Kier alpha value is -1.59. The minimum Gasteiger partial charge on any atom is -0.496 e. The van der Waals surface area contributed by atoms with Crippen LogP contribution in [0, 0.1) is 13.8 Å². The summed E-state index contributed by atoms with van der Waals surface area (Å²) in [6, 6.07) is 8.34. The first-order valence-corrected chi connectivity index (χ1v) is 7.87. The van der Waals surface area contributed by atoms with Crippen molar-refractivity contribution in [2.24, 2.45) is 0 Å². The van der Waals surface area contributed by atoms with Crippen molar-refractivity contribution in [1.29, 1.82) is 0 Å². The third-order valence-corrected chi connectivity index (χ3v) is 4.22. The van der Waals surface area contributed by atoms with Crippen LogP contribution in [-0.4, -0.2) is 29.9 Å². The molecule has 0 bridgehead atoms. The molecule has 0 aliphatic rings. The molecule has 0 aliphatic carbocycles. The fourth-order valence-corrected chi connectivity index (χ4v) is 3.11. The van der Waals surface area contributed by atoms with Crippen LogP contribution < -0.4 is 10.1 Å². The summed E-state index contributed by atoms with van der Waals surface area (Å²) in [7, 11) is 3.67. The van der Waals surface area contributed by atoms with Crippen molar-refractivity contribution in [2.45, 2.75) is 25.0 Å². The molecule has 1 unspecified atom stereocenters. The van der Waals surface area contributed by atoms with Crippen LogP contribution >= 0.6 is 11.8 Å². The van der Waals surface area contributed by atoms with Crippen molar-refractivity contribution < 1.29 is 4.74 Å². The second-order valence-corrected chi connectivity index (χ2v) is 5.87. The third-order valence-electron chi connectivity index (χ3n) is 3.26. The predicted octanol–water partition coefficient (Wildman–Crippen LogP) is 3.15. The summed E-state index contributed by atoms with van der Waals surface area (Å²) in [4.78, 5) is 8.72. The quantitative estimate of drug-likeness (QED) is 0.656. The molecule has 1 heterocycles. The smallest absolute Gasteiger partial charge is 0.187 e. The molecule has 0 saturated carbocycles. The number of aromatic nitrogens is 2. The average Bonchev–Trinajstić information content (AvgIpc) is 2.48. The Bertz CT molecular complexity index is 604. The Kier molecular flexibility index (Phi) is 5.59. The summed E-state index contributed by atoms with van der Waals surface area (Å²) in [5.74, 6) is 1.76. The number of benzene rings is 1. The van der Waals surface area contributed by atoms with Gasteiger partial charge in [-0.3, -0.25) is 0 Å². The van der Waals surface area contributed by atoms with Crippen molar-refractivity contribution in [3.63, 3.8) is 0 Å². The summed E-state index contributed by atoms with van der Waals surface area (Å²) in [5, 5.41) is 4.16. The third kappa shape index (κ3) is 4.19. The molecule has 112 valence electrons. The van der Waals surface area contributed by atoms with E-state index in [2.05, 4.69) is 34.3 Å². The van der Waals surface area contributed by atoms with E-state index in [9.17, 15) is 0 Å². The molecule has 4 nitrogen and oxygen atoms in total. The van der Waals surface area contributed by atoms with E-state index in [4.69, 9.17) is 4.74 Å². The van der Waals surface area contributed by atoms with E-state index in [0.29, 0.717) is 0 Å². The van der Waals surface area contributed by atoms with Crippen LogP contribution in [0.25, 0.3) is 0 Å². The molecular weight excluding hydrogens is 282 g/mol. The molecule has 0 fully saturated rings. The number of rotatable bonds is 6. The molecule has 0 spiro atoms. The van der Waals surface area contributed by atoms with Gasteiger partial charge in [0.05, 0.1) is 7.11 Å². The normalized spacial score (nSPS) is 12.2. The van der Waals surface area contributed by atoms with E-state index in [0.717, 1.165) is 22.4 Å². The van der Waals surface area contributed by atoms with Crippen molar-refractivity contribution >= 4 is 11.8 Å². The molecule has 1 N–H and O–H groups in total. The van der Waals surface area contributed by atoms with E-state index in [-0.39, 0.29) is 6.04 Å². The highest BCUT2D eigenvalue weighted by atomic mass is 32.2. The van der Waals surface area contributed by atoms with Crippen LogP contribution in [0.15, 0.2) is 35.6 Å².